The predicted octanol–water partition coefficient (Wildman–Crippen LogP) is 1.38. The topological polar surface area (TPSA) is 12.5 Å². The number of morpholine rings is 1. The van der Waals surface area contributed by atoms with Crippen LogP contribution >= 0.6 is 0 Å². The van der Waals surface area contributed by atoms with E-state index in [0.29, 0.717) is 18.2 Å². The van der Waals surface area contributed by atoms with E-state index in [1.807, 2.05) is 0 Å². The third kappa shape index (κ3) is 0.968. The number of fused-ring (bicyclic) bond motifs is 2. The first kappa shape index (κ1) is 7.17. The summed E-state index contributed by atoms with van der Waals surface area (Å²) in [7, 11) is 0. The van der Waals surface area contributed by atoms with Gasteiger partial charge in [-0.15, -0.1) is 0 Å². The second-order valence-corrected chi connectivity index (χ2v) is 3.75. The molecule has 2 aliphatic heterocycles. The lowest BCUT2D eigenvalue weighted by Crippen LogP contribution is -2.40. The fraction of sp³-hybridized carbons (Fsp3) is 0.778. The molecule has 0 aromatic rings. The van der Waals surface area contributed by atoms with E-state index in [2.05, 4.69) is 25.3 Å². The molecule has 2 fully saturated rings. The van der Waals surface area contributed by atoms with Crippen LogP contribution in [0.15, 0.2) is 12.3 Å². The van der Waals surface area contributed by atoms with Crippen molar-refractivity contribution in [2.45, 2.75) is 38.5 Å². The van der Waals surface area contributed by atoms with Gasteiger partial charge in [0.25, 0.3) is 0 Å². The first-order valence-electron chi connectivity index (χ1n) is 4.29. The van der Waals surface area contributed by atoms with Crippen molar-refractivity contribution in [3.8, 4) is 0 Å². The molecule has 0 radical (unpaired) electrons. The van der Waals surface area contributed by atoms with E-state index in [9.17, 15) is 0 Å². The van der Waals surface area contributed by atoms with Crippen LogP contribution in [0.3, 0.4) is 0 Å². The van der Waals surface area contributed by atoms with Gasteiger partial charge in [-0.2, -0.15) is 0 Å². The van der Waals surface area contributed by atoms with E-state index in [1.54, 1.807) is 0 Å². The van der Waals surface area contributed by atoms with Crippen molar-refractivity contribution < 1.29 is 4.74 Å². The minimum absolute atomic E-state index is 0.440. The number of nitrogens with zero attached hydrogens (tertiary/aromatic N) is 1. The SMILES string of the molecule is C=C1OC2CC1N(C(C)C)C2. The minimum Gasteiger partial charge on any atom is -0.492 e. The Morgan fingerprint density at radius 3 is 2.73 bits per heavy atom. The number of hydrogen-bond donors (Lipinski definition) is 0. The molecule has 2 heteroatoms. The average molecular weight is 153 g/mol. The maximum Gasteiger partial charge on any atom is 0.113 e. The van der Waals surface area contributed by atoms with Crippen molar-refractivity contribution in [1.29, 1.82) is 0 Å². The first-order chi connectivity index (χ1) is 5.18. The molecule has 0 spiro atoms. The highest BCUT2D eigenvalue weighted by molar-refractivity contribution is 5.11. The molecule has 11 heavy (non-hydrogen) atoms. The summed E-state index contributed by atoms with van der Waals surface area (Å²) in [5.74, 6) is 0.981. The predicted molar refractivity (Wildman–Crippen MR) is 44.3 cm³/mol. The van der Waals surface area contributed by atoms with Crippen LogP contribution in [0.25, 0.3) is 0 Å². The average Bonchev–Trinajstić information content (AvgIpc) is 2.43. The molecule has 0 aromatic heterocycles. The highest BCUT2D eigenvalue weighted by Crippen LogP contribution is 2.35. The molecule has 0 aliphatic carbocycles. The Kier molecular flexibility index (Phi) is 1.46. The summed E-state index contributed by atoms with van der Waals surface area (Å²) in [4.78, 5) is 2.47. The van der Waals surface area contributed by atoms with Crippen LogP contribution < -0.4 is 0 Å². The molecule has 62 valence electrons. The summed E-state index contributed by atoms with van der Waals surface area (Å²) in [6, 6.07) is 1.14. The van der Waals surface area contributed by atoms with Gasteiger partial charge in [0.1, 0.15) is 11.9 Å². The van der Waals surface area contributed by atoms with Gasteiger partial charge in [-0.05, 0) is 13.8 Å². The molecule has 0 N–H and O–H groups in total. The van der Waals surface area contributed by atoms with Crippen LogP contribution in [0.5, 0.6) is 0 Å². The zero-order valence-corrected chi connectivity index (χ0v) is 7.21. The number of ether oxygens (including phenoxy) is 1. The monoisotopic (exact) mass is 153 g/mol. The lowest BCUT2D eigenvalue weighted by molar-refractivity contribution is 0.0700. The molecule has 2 nitrogen and oxygen atoms in total. The van der Waals surface area contributed by atoms with Gasteiger partial charge in [-0.25, -0.2) is 0 Å². The van der Waals surface area contributed by atoms with Crippen molar-refractivity contribution in [1.82, 2.24) is 4.90 Å². The van der Waals surface area contributed by atoms with Crippen molar-refractivity contribution in [2.24, 2.45) is 0 Å². The highest BCUT2D eigenvalue weighted by Gasteiger charge is 2.43. The lowest BCUT2D eigenvalue weighted by Gasteiger charge is -2.31. The van der Waals surface area contributed by atoms with E-state index < -0.39 is 0 Å². The third-order valence-corrected chi connectivity index (χ3v) is 2.65. The molecule has 2 rings (SSSR count). The Hall–Kier alpha value is -0.500. The summed E-state index contributed by atoms with van der Waals surface area (Å²) >= 11 is 0. The smallest absolute Gasteiger partial charge is 0.113 e. The van der Waals surface area contributed by atoms with E-state index in [1.165, 1.54) is 0 Å². The van der Waals surface area contributed by atoms with Gasteiger partial charge in [0.15, 0.2) is 0 Å². The number of rotatable bonds is 1. The van der Waals surface area contributed by atoms with Gasteiger partial charge in [-0.1, -0.05) is 6.58 Å². The van der Waals surface area contributed by atoms with Gasteiger partial charge in [0, 0.05) is 19.0 Å². The normalized spacial score (nSPS) is 36.8. The Morgan fingerprint density at radius 2 is 2.36 bits per heavy atom. The fourth-order valence-electron chi connectivity index (χ4n) is 2.09. The van der Waals surface area contributed by atoms with Crippen LogP contribution in [0.2, 0.25) is 0 Å². The molecule has 0 aromatic carbocycles. The summed E-state index contributed by atoms with van der Waals surface area (Å²) in [6.45, 7) is 9.46. The van der Waals surface area contributed by atoms with Crippen molar-refractivity contribution in [3.63, 3.8) is 0 Å². The molecule has 2 saturated heterocycles. The van der Waals surface area contributed by atoms with E-state index in [-0.39, 0.29) is 0 Å². The van der Waals surface area contributed by atoms with E-state index >= 15 is 0 Å². The Labute approximate surface area is 67.8 Å². The maximum absolute atomic E-state index is 5.50. The fourth-order valence-corrected chi connectivity index (χ4v) is 2.09. The van der Waals surface area contributed by atoms with Gasteiger partial charge >= 0.3 is 0 Å². The van der Waals surface area contributed by atoms with Gasteiger partial charge < -0.3 is 4.74 Å². The molecule has 2 unspecified atom stereocenters. The first-order valence-corrected chi connectivity index (χ1v) is 4.29. The van der Waals surface area contributed by atoms with Crippen LogP contribution in [0, 0.1) is 0 Å². The standard InChI is InChI=1S/C9H15NO/c1-6(2)10-5-8-4-9(10)7(3)11-8/h6,8-9H,3-5H2,1-2H3. The third-order valence-electron chi connectivity index (χ3n) is 2.65. The lowest BCUT2D eigenvalue weighted by atomic mass is 10.2. The molecular formula is C9H15NO. The molecule has 0 saturated carbocycles. The highest BCUT2D eigenvalue weighted by atomic mass is 16.5. The van der Waals surface area contributed by atoms with Crippen molar-refractivity contribution in [2.75, 3.05) is 6.54 Å². The number of hydrogen-bond acceptors (Lipinski definition) is 2. The van der Waals surface area contributed by atoms with E-state index in [4.69, 9.17) is 4.74 Å². The van der Waals surface area contributed by atoms with Gasteiger partial charge in [0.2, 0.25) is 0 Å². The second-order valence-electron chi connectivity index (χ2n) is 3.75. The molecule has 2 bridgehead atoms. The zero-order chi connectivity index (χ0) is 8.01. The van der Waals surface area contributed by atoms with Crippen LogP contribution in [0.4, 0.5) is 0 Å². The van der Waals surface area contributed by atoms with Gasteiger partial charge in [-0.3, -0.25) is 4.90 Å². The van der Waals surface area contributed by atoms with Crippen LogP contribution in [-0.4, -0.2) is 29.6 Å². The summed E-state index contributed by atoms with van der Waals surface area (Å²) < 4.78 is 5.50. The van der Waals surface area contributed by atoms with Crippen LogP contribution in [-0.2, 0) is 4.74 Å². The zero-order valence-electron chi connectivity index (χ0n) is 7.21. The number of likely N-dealkylation sites (tertiary alicyclic amines) is 1. The van der Waals surface area contributed by atoms with Crippen LogP contribution in [0.1, 0.15) is 20.3 Å². The quantitative estimate of drug-likeness (QED) is 0.564. The molecule has 2 atom stereocenters. The summed E-state index contributed by atoms with van der Waals surface area (Å²) in [5, 5.41) is 0. The van der Waals surface area contributed by atoms with Crippen molar-refractivity contribution in [3.05, 3.63) is 12.3 Å². The maximum atomic E-state index is 5.50. The molecule has 2 aliphatic rings. The Bertz CT molecular complexity index is 188. The summed E-state index contributed by atoms with van der Waals surface area (Å²) in [5.41, 5.74) is 0. The van der Waals surface area contributed by atoms with Crippen molar-refractivity contribution >= 4 is 0 Å². The second kappa shape index (κ2) is 2.24. The summed E-state index contributed by atoms with van der Waals surface area (Å²) in [6.07, 6.45) is 1.60. The Morgan fingerprint density at radius 1 is 1.64 bits per heavy atom. The van der Waals surface area contributed by atoms with Gasteiger partial charge in [0.05, 0.1) is 6.04 Å². The largest absolute Gasteiger partial charge is 0.492 e. The van der Waals surface area contributed by atoms with E-state index in [0.717, 1.165) is 18.7 Å². The molecular weight excluding hydrogens is 138 g/mol. The molecule has 0 amide bonds. The Balaban J connectivity index is 2.12. The molecule has 2 heterocycles. The minimum atomic E-state index is 0.440.